The molecule has 0 aliphatic heterocycles. The van der Waals surface area contributed by atoms with E-state index in [1.807, 2.05) is 0 Å². The molecule has 2 rings (SSSR count). The summed E-state index contributed by atoms with van der Waals surface area (Å²) < 4.78 is 15.0. The Morgan fingerprint density at radius 1 is 1.08 bits per heavy atom. The zero-order valence-corrected chi connectivity index (χ0v) is 14.3. The topological polar surface area (TPSA) is 73.9 Å². The lowest BCUT2D eigenvalue weighted by atomic mass is 10.2. The van der Waals surface area contributed by atoms with Crippen LogP contribution < -0.4 is 14.8 Å². The van der Waals surface area contributed by atoms with Gasteiger partial charge in [0.25, 0.3) is 0 Å². The van der Waals surface area contributed by atoms with Gasteiger partial charge in [-0.3, -0.25) is 4.79 Å². The zero-order chi connectivity index (χ0) is 17.5. The van der Waals surface area contributed by atoms with Gasteiger partial charge in [0, 0.05) is 6.08 Å². The van der Waals surface area contributed by atoms with Crippen molar-refractivity contribution in [1.29, 1.82) is 0 Å². The molecule has 0 aliphatic carbocycles. The minimum atomic E-state index is -0.490. The van der Waals surface area contributed by atoms with E-state index in [0.29, 0.717) is 22.1 Å². The summed E-state index contributed by atoms with van der Waals surface area (Å²) in [7, 11) is 4.40. The van der Waals surface area contributed by atoms with Gasteiger partial charge in [0.05, 0.1) is 26.9 Å². The van der Waals surface area contributed by atoms with E-state index in [1.165, 1.54) is 24.5 Å². The predicted octanol–water partition coefficient (Wildman–Crippen LogP) is 3.20. The van der Waals surface area contributed by atoms with Crippen LogP contribution >= 0.6 is 11.3 Å². The van der Waals surface area contributed by atoms with Crippen molar-refractivity contribution in [3.63, 3.8) is 0 Å². The van der Waals surface area contributed by atoms with Crippen LogP contribution in [-0.4, -0.2) is 33.2 Å². The molecule has 0 radical (unpaired) electrons. The van der Waals surface area contributed by atoms with Gasteiger partial charge in [0.2, 0.25) is 5.91 Å². The summed E-state index contributed by atoms with van der Waals surface area (Å²) in [6.45, 7) is 0. The van der Waals surface area contributed by atoms with Crippen LogP contribution in [0.2, 0.25) is 0 Å². The molecule has 0 saturated carbocycles. The van der Waals surface area contributed by atoms with Crippen molar-refractivity contribution in [2.45, 2.75) is 0 Å². The van der Waals surface area contributed by atoms with Gasteiger partial charge < -0.3 is 19.5 Å². The van der Waals surface area contributed by atoms with Crippen LogP contribution in [0.25, 0.3) is 6.08 Å². The molecule has 1 aromatic heterocycles. The highest BCUT2D eigenvalue weighted by Crippen LogP contribution is 2.28. The summed E-state index contributed by atoms with van der Waals surface area (Å²) >= 11 is 1.25. The fraction of sp³-hybridized carbons (Fsp3) is 0.176. The second-order valence-corrected chi connectivity index (χ2v) is 5.51. The Morgan fingerprint density at radius 3 is 2.50 bits per heavy atom. The number of carbonyl (C=O) groups excluding carboxylic acids is 2. The van der Waals surface area contributed by atoms with Crippen molar-refractivity contribution in [3.05, 3.63) is 46.8 Å². The van der Waals surface area contributed by atoms with Crippen LogP contribution in [0.4, 0.5) is 5.00 Å². The fourth-order valence-corrected chi connectivity index (χ4v) is 2.74. The van der Waals surface area contributed by atoms with Crippen molar-refractivity contribution in [2.75, 3.05) is 26.6 Å². The highest BCUT2D eigenvalue weighted by molar-refractivity contribution is 7.14. The first-order chi connectivity index (χ1) is 11.6. The molecule has 0 spiro atoms. The molecule has 0 unspecified atom stereocenters. The first-order valence-electron chi connectivity index (χ1n) is 6.96. The third-order valence-electron chi connectivity index (χ3n) is 3.14. The smallest absolute Gasteiger partial charge is 0.340 e. The maximum absolute atomic E-state index is 12.0. The molecule has 2 aromatic rings. The van der Waals surface area contributed by atoms with Crippen molar-refractivity contribution in [3.8, 4) is 11.5 Å². The minimum absolute atomic E-state index is 0.329. The Balaban J connectivity index is 2.09. The first-order valence-corrected chi connectivity index (χ1v) is 7.84. The monoisotopic (exact) mass is 347 g/mol. The Kier molecular flexibility index (Phi) is 5.97. The van der Waals surface area contributed by atoms with Gasteiger partial charge in [-0.05, 0) is 35.2 Å². The Bertz CT molecular complexity index is 766. The predicted molar refractivity (Wildman–Crippen MR) is 92.9 cm³/mol. The molecular weight excluding hydrogens is 330 g/mol. The van der Waals surface area contributed by atoms with Crippen molar-refractivity contribution in [2.24, 2.45) is 0 Å². The van der Waals surface area contributed by atoms with Gasteiger partial charge in [0.15, 0.2) is 11.5 Å². The molecule has 0 bridgehead atoms. The first kappa shape index (κ1) is 17.6. The van der Waals surface area contributed by atoms with E-state index in [0.717, 1.165) is 5.56 Å². The minimum Gasteiger partial charge on any atom is -0.493 e. The lowest BCUT2D eigenvalue weighted by Crippen LogP contribution is -2.10. The van der Waals surface area contributed by atoms with Crippen LogP contribution in [-0.2, 0) is 9.53 Å². The second kappa shape index (κ2) is 8.16. The number of hydrogen-bond acceptors (Lipinski definition) is 6. The normalized spacial score (nSPS) is 10.5. The van der Waals surface area contributed by atoms with Crippen molar-refractivity contribution < 1.29 is 23.8 Å². The lowest BCUT2D eigenvalue weighted by molar-refractivity contribution is -0.111. The van der Waals surface area contributed by atoms with E-state index < -0.39 is 5.97 Å². The SMILES string of the molecule is COC(=O)c1ccsc1NC(=O)C=Cc1ccc(OC)c(OC)c1. The quantitative estimate of drug-likeness (QED) is 0.642. The van der Waals surface area contributed by atoms with E-state index >= 15 is 0 Å². The molecule has 1 amide bonds. The summed E-state index contributed by atoms with van der Waals surface area (Å²) in [5.74, 6) is 0.347. The van der Waals surface area contributed by atoms with Crippen LogP contribution in [0.3, 0.4) is 0 Å². The highest BCUT2D eigenvalue weighted by Gasteiger charge is 2.14. The van der Waals surface area contributed by atoms with Crippen LogP contribution in [0.15, 0.2) is 35.7 Å². The molecule has 0 atom stereocenters. The number of rotatable bonds is 6. The summed E-state index contributed by atoms with van der Waals surface area (Å²) in [4.78, 5) is 23.6. The van der Waals surface area contributed by atoms with Crippen LogP contribution in [0.1, 0.15) is 15.9 Å². The van der Waals surface area contributed by atoms with Gasteiger partial charge in [-0.1, -0.05) is 6.07 Å². The molecule has 6 nitrogen and oxygen atoms in total. The Morgan fingerprint density at radius 2 is 1.83 bits per heavy atom. The van der Waals surface area contributed by atoms with Crippen molar-refractivity contribution in [1.82, 2.24) is 0 Å². The third-order valence-corrected chi connectivity index (χ3v) is 3.97. The fourth-order valence-electron chi connectivity index (χ4n) is 1.96. The molecule has 1 N–H and O–H groups in total. The number of esters is 1. The average molecular weight is 347 g/mol. The van der Waals surface area contributed by atoms with E-state index in [2.05, 4.69) is 10.1 Å². The molecule has 7 heteroatoms. The third kappa shape index (κ3) is 4.14. The molecule has 0 aliphatic rings. The number of thiophene rings is 1. The van der Waals surface area contributed by atoms with E-state index in [1.54, 1.807) is 49.9 Å². The van der Waals surface area contributed by atoms with Gasteiger partial charge in [-0.25, -0.2) is 4.79 Å². The number of benzene rings is 1. The molecule has 24 heavy (non-hydrogen) atoms. The summed E-state index contributed by atoms with van der Waals surface area (Å²) in [6, 6.07) is 6.92. The number of carbonyl (C=O) groups is 2. The summed E-state index contributed by atoms with van der Waals surface area (Å²) in [5.41, 5.74) is 1.11. The number of amides is 1. The zero-order valence-electron chi connectivity index (χ0n) is 13.5. The molecular formula is C17H17NO5S. The Labute approximate surface area is 143 Å². The average Bonchev–Trinajstić information content (AvgIpc) is 3.06. The number of hydrogen-bond donors (Lipinski definition) is 1. The molecule has 1 aromatic carbocycles. The number of ether oxygens (including phenoxy) is 3. The highest BCUT2D eigenvalue weighted by atomic mass is 32.1. The Hall–Kier alpha value is -2.80. The molecule has 0 saturated heterocycles. The van der Waals surface area contributed by atoms with Crippen LogP contribution in [0, 0.1) is 0 Å². The van der Waals surface area contributed by atoms with Crippen molar-refractivity contribution >= 4 is 34.3 Å². The maximum Gasteiger partial charge on any atom is 0.340 e. The second-order valence-electron chi connectivity index (χ2n) is 4.59. The number of methoxy groups -OCH3 is 3. The van der Waals surface area contributed by atoms with Gasteiger partial charge in [-0.15, -0.1) is 11.3 Å². The maximum atomic E-state index is 12.0. The van der Waals surface area contributed by atoms with Crippen LogP contribution in [0.5, 0.6) is 11.5 Å². The largest absolute Gasteiger partial charge is 0.493 e. The number of nitrogens with one attached hydrogen (secondary N) is 1. The molecule has 1 heterocycles. The van der Waals surface area contributed by atoms with E-state index in [4.69, 9.17) is 9.47 Å². The lowest BCUT2D eigenvalue weighted by Gasteiger charge is -2.07. The molecule has 0 fully saturated rings. The van der Waals surface area contributed by atoms with Gasteiger partial charge in [0.1, 0.15) is 5.00 Å². The summed E-state index contributed by atoms with van der Waals surface area (Å²) in [6.07, 6.45) is 3.02. The summed E-state index contributed by atoms with van der Waals surface area (Å²) in [5, 5.41) is 4.82. The van der Waals surface area contributed by atoms with E-state index in [9.17, 15) is 9.59 Å². The molecule has 126 valence electrons. The van der Waals surface area contributed by atoms with Gasteiger partial charge >= 0.3 is 5.97 Å². The van der Waals surface area contributed by atoms with E-state index in [-0.39, 0.29) is 5.91 Å². The standard InChI is InChI=1S/C17H17NO5S/c1-21-13-6-4-11(10-14(13)22-2)5-7-15(19)18-16-12(8-9-24-16)17(20)23-3/h4-10H,1-3H3,(H,18,19). The number of anilines is 1. The van der Waals surface area contributed by atoms with Gasteiger partial charge in [-0.2, -0.15) is 0 Å².